The second-order valence-electron chi connectivity index (χ2n) is 4.33. The number of methoxy groups -OCH3 is 1. The van der Waals surface area contributed by atoms with E-state index in [-0.39, 0.29) is 5.56 Å². The molecule has 0 bridgehead atoms. The standard InChI is InChI=1S/C13H9N3O7/c1-23-9-4-2-8(3-5-9)10-6-7-11(14(17)18)13(16(21)22)12(10)15(19)20/h2-7H,1H3. The first-order valence-corrected chi connectivity index (χ1v) is 6.11. The van der Waals surface area contributed by atoms with Gasteiger partial charge in [0.2, 0.25) is 0 Å². The fourth-order valence-corrected chi connectivity index (χ4v) is 2.08. The number of hydrogen-bond acceptors (Lipinski definition) is 7. The van der Waals surface area contributed by atoms with Gasteiger partial charge in [-0.05, 0) is 23.8 Å². The third-order valence-corrected chi connectivity index (χ3v) is 3.09. The van der Waals surface area contributed by atoms with Crippen LogP contribution in [0.2, 0.25) is 0 Å². The van der Waals surface area contributed by atoms with Gasteiger partial charge in [-0.2, -0.15) is 0 Å². The topological polar surface area (TPSA) is 139 Å². The van der Waals surface area contributed by atoms with Crippen LogP contribution in [0.15, 0.2) is 36.4 Å². The molecule has 118 valence electrons. The molecule has 0 saturated carbocycles. The Kier molecular flexibility index (Phi) is 4.16. The summed E-state index contributed by atoms with van der Waals surface area (Å²) >= 11 is 0. The van der Waals surface area contributed by atoms with Crippen molar-refractivity contribution in [1.29, 1.82) is 0 Å². The van der Waals surface area contributed by atoms with E-state index in [4.69, 9.17) is 4.74 Å². The number of hydrogen-bond donors (Lipinski definition) is 0. The fourth-order valence-electron chi connectivity index (χ4n) is 2.08. The maximum absolute atomic E-state index is 11.3. The predicted octanol–water partition coefficient (Wildman–Crippen LogP) is 3.09. The highest BCUT2D eigenvalue weighted by molar-refractivity contribution is 5.83. The summed E-state index contributed by atoms with van der Waals surface area (Å²) < 4.78 is 4.96. The van der Waals surface area contributed by atoms with E-state index in [2.05, 4.69) is 0 Å². The van der Waals surface area contributed by atoms with Crippen LogP contribution in [0, 0.1) is 30.3 Å². The second kappa shape index (κ2) is 6.05. The van der Waals surface area contributed by atoms with Crippen molar-refractivity contribution in [2.24, 2.45) is 0 Å². The quantitative estimate of drug-likeness (QED) is 0.609. The maximum Gasteiger partial charge on any atom is 0.422 e. The van der Waals surface area contributed by atoms with Crippen molar-refractivity contribution in [2.45, 2.75) is 0 Å². The van der Waals surface area contributed by atoms with Gasteiger partial charge in [-0.1, -0.05) is 12.1 Å². The van der Waals surface area contributed by atoms with Crippen molar-refractivity contribution in [3.05, 3.63) is 66.7 Å². The Hall–Kier alpha value is -3.56. The lowest BCUT2D eigenvalue weighted by Gasteiger charge is -2.05. The van der Waals surface area contributed by atoms with Gasteiger partial charge >= 0.3 is 17.1 Å². The third kappa shape index (κ3) is 2.90. The molecule has 23 heavy (non-hydrogen) atoms. The maximum atomic E-state index is 11.3. The first kappa shape index (κ1) is 15.8. The molecule has 2 aromatic carbocycles. The average Bonchev–Trinajstić information content (AvgIpc) is 2.53. The van der Waals surface area contributed by atoms with Gasteiger partial charge in [-0.15, -0.1) is 0 Å². The van der Waals surface area contributed by atoms with Crippen LogP contribution in [0.4, 0.5) is 17.1 Å². The Morgan fingerprint density at radius 3 is 1.78 bits per heavy atom. The predicted molar refractivity (Wildman–Crippen MR) is 78.4 cm³/mol. The number of benzene rings is 2. The lowest BCUT2D eigenvalue weighted by molar-refractivity contribution is -0.440. The summed E-state index contributed by atoms with van der Waals surface area (Å²) in [7, 11) is 1.44. The molecule has 0 radical (unpaired) electrons. The van der Waals surface area contributed by atoms with E-state index in [1.54, 1.807) is 0 Å². The zero-order valence-electron chi connectivity index (χ0n) is 11.7. The third-order valence-electron chi connectivity index (χ3n) is 3.09. The normalized spacial score (nSPS) is 10.1. The molecule has 0 aliphatic heterocycles. The first-order valence-electron chi connectivity index (χ1n) is 6.11. The summed E-state index contributed by atoms with van der Waals surface area (Å²) in [5.74, 6) is 0.493. The van der Waals surface area contributed by atoms with Crippen molar-refractivity contribution in [3.63, 3.8) is 0 Å². The van der Waals surface area contributed by atoms with Crippen LogP contribution in [0.5, 0.6) is 5.75 Å². The molecule has 0 unspecified atom stereocenters. The van der Waals surface area contributed by atoms with E-state index in [0.717, 1.165) is 12.1 Å². The summed E-state index contributed by atoms with van der Waals surface area (Å²) in [5.41, 5.74) is -2.79. The molecular weight excluding hydrogens is 310 g/mol. The van der Waals surface area contributed by atoms with Gasteiger partial charge in [-0.25, -0.2) is 0 Å². The van der Waals surface area contributed by atoms with E-state index in [1.807, 2.05) is 0 Å². The second-order valence-corrected chi connectivity index (χ2v) is 4.33. The Morgan fingerprint density at radius 2 is 1.35 bits per heavy atom. The molecule has 0 fully saturated rings. The van der Waals surface area contributed by atoms with Crippen molar-refractivity contribution >= 4 is 17.1 Å². The minimum Gasteiger partial charge on any atom is -0.497 e. The van der Waals surface area contributed by atoms with E-state index < -0.39 is 31.8 Å². The fraction of sp³-hybridized carbons (Fsp3) is 0.0769. The number of nitrogens with zero attached hydrogens (tertiary/aromatic N) is 3. The molecule has 0 aliphatic rings. The van der Waals surface area contributed by atoms with Crippen LogP contribution in [-0.4, -0.2) is 21.9 Å². The molecule has 2 aromatic rings. The molecule has 10 nitrogen and oxygen atoms in total. The van der Waals surface area contributed by atoms with Gasteiger partial charge in [0.15, 0.2) is 0 Å². The van der Waals surface area contributed by atoms with Crippen LogP contribution >= 0.6 is 0 Å². The zero-order chi connectivity index (χ0) is 17.1. The van der Waals surface area contributed by atoms with Gasteiger partial charge in [0, 0.05) is 6.07 Å². The van der Waals surface area contributed by atoms with Gasteiger partial charge in [-0.3, -0.25) is 30.3 Å². The molecule has 0 N–H and O–H groups in total. The van der Waals surface area contributed by atoms with Crippen LogP contribution in [-0.2, 0) is 0 Å². The molecule has 0 aliphatic carbocycles. The molecular formula is C13H9N3O7. The van der Waals surface area contributed by atoms with Crippen molar-refractivity contribution in [3.8, 4) is 16.9 Å². The summed E-state index contributed by atoms with van der Waals surface area (Å²) in [5, 5.41) is 33.3. The van der Waals surface area contributed by atoms with Crippen molar-refractivity contribution in [2.75, 3.05) is 7.11 Å². The molecule has 0 aromatic heterocycles. The highest BCUT2D eigenvalue weighted by Gasteiger charge is 2.38. The van der Waals surface area contributed by atoms with Crippen molar-refractivity contribution in [1.82, 2.24) is 0 Å². The smallest absolute Gasteiger partial charge is 0.422 e. The lowest BCUT2D eigenvalue weighted by atomic mass is 10.0. The summed E-state index contributed by atoms with van der Waals surface area (Å²) in [4.78, 5) is 30.1. The van der Waals surface area contributed by atoms with Gasteiger partial charge in [0.1, 0.15) is 5.75 Å². The summed E-state index contributed by atoms with van der Waals surface area (Å²) in [6.45, 7) is 0. The van der Waals surface area contributed by atoms with Gasteiger partial charge in [0.05, 0.1) is 27.4 Å². The summed E-state index contributed by atoms with van der Waals surface area (Å²) in [6, 6.07) is 7.97. The van der Waals surface area contributed by atoms with Crippen LogP contribution in [0.1, 0.15) is 0 Å². The molecule has 0 amide bonds. The highest BCUT2D eigenvalue weighted by Crippen LogP contribution is 2.43. The molecule has 0 atom stereocenters. The molecule has 2 rings (SSSR count). The molecule has 0 saturated heterocycles. The van der Waals surface area contributed by atoms with Crippen LogP contribution < -0.4 is 4.74 Å². The largest absolute Gasteiger partial charge is 0.497 e. The Balaban J connectivity index is 2.78. The number of nitro benzene ring substituents is 3. The van der Waals surface area contributed by atoms with Crippen molar-refractivity contribution < 1.29 is 19.5 Å². The number of rotatable bonds is 5. The zero-order valence-corrected chi connectivity index (χ0v) is 11.7. The SMILES string of the molecule is COc1ccc(-c2ccc([N+](=O)[O-])c([N+](=O)[O-])c2[N+](=O)[O-])cc1. The van der Waals surface area contributed by atoms with Crippen LogP contribution in [0.25, 0.3) is 11.1 Å². The highest BCUT2D eigenvalue weighted by atomic mass is 16.6. The monoisotopic (exact) mass is 319 g/mol. The number of ether oxygens (including phenoxy) is 1. The molecule has 0 spiro atoms. The Bertz CT molecular complexity index is 802. The number of nitro groups is 3. The van der Waals surface area contributed by atoms with E-state index >= 15 is 0 Å². The van der Waals surface area contributed by atoms with Gasteiger partial charge in [0.25, 0.3) is 0 Å². The first-order chi connectivity index (χ1) is 10.9. The summed E-state index contributed by atoms with van der Waals surface area (Å²) in [6.07, 6.45) is 0. The van der Waals surface area contributed by atoms with Crippen LogP contribution in [0.3, 0.4) is 0 Å². The lowest BCUT2D eigenvalue weighted by Crippen LogP contribution is -2.03. The van der Waals surface area contributed by atoms with E-state index in [0.29, 0.717) is 11.3 Å². The Morgan fingerprint density at radius 1 is 0.783 bits per heavy atom. The Labute approximate surface area is 128 Å². The van der Waals surface area contributed by atoms with E-state index in [9.17, 15) is 30.3 Å². The molecule has 0 heterocycles. The molecule has 10 heteroatoms. The van der Waals surface area contributed by atoms with E-state index in [1.165, 1.54) is 31.4 Å². The average molecular weight is 319 g/mol. The minimum atomic E-state index is -1.15. The minimum absolute atomic E-state index is 0.0880. The van der Waals surface area contributed by atoms with Gasteiger partial charge < -0.3 is 4.74 Å².